The van der Waals surface area contributed by atoms with Crippen LogP contribution in [-0.4, -0.2) is 16.1 Å². The van der Waals surface area contributed by atoms with E-state index < -0.39 is 0 Å². The standard InChI is InChI=1S/C12H14BrN3S/c13-10-4-3-9(17-10)12-8-2-1-7-16(8)11(15-12)5-6-14/h3-4H,1-2,5-7,14H2. The van der Waals surface area contributed by atoms with Crippen LogP contribution in [0.3, 0.4) is 0 Å². The molecule has 2 N–H and O–H groups in total. The molecule has 0 fully saturated rings. The highest BCUT2D eigenvalue weighted by Gasteiger charge is 2.22. The lowest BCUT2D eigenvalue weighted by Gasteiger charge is -2.00. The number of fused-ring (bicyclic) bond motifs is 1. The summed E-state index contributed by atoms with van der Waals surface area (Å²) in [4.78, 5) is 6.03. The molecule has 3 rings (SSSR count). The number of imidazole rings is 1. The fourth-order valence-corrected chi connectivity index (χ4v) is 3.82. The summed E-state index contributed by atoms with van der Waals surface area (Å²) in [6, 6.07) is 4.23. The molecule has 2 aromatic rings. The number of nitrogens with two attached hydrogens (primary N) is 1. The molecule has 0 atom stereocenters. The zero-order valence-corrected chi connectivity index (χ0v) is 11.9. The number of aromatic nitrogens is 2. The number of thiophene rings is 1. The first-order chi connectivity index (χ1) is 8.29. The molecule has 17 heavy (non-hydrogen) atoms. The molecule has 5 heteroatoms. The van der Waals surface area contributed by atoms with Crippen molar-refractivity contribution >= 4 is 27.3 Å². The van der Waals surface area contributed by atoms with Crippen LogP contribution in [0.15, 0.2) is 15.9 Å². The van der Waals surface area contributed by atoms with Crippen LogP contribution in [0.1, 0.15) is 17.9 Å². The Kier molecular flexibility index (Phi) is 3.06. The minimum absolute atomic E-state index is 0.671. The molecule has 90 valence electrons. The van der Waals surface area contributed by atoms with E-state index in [2.05, 4.69) is 32.6 Å². The molecule has 0 aromatic carbocycles. The molecular formula is C12H14BrN3S. The lowest BCUT2D eigenvalue weighted by atomic mass is 10.2. The summed E-state index contributed by atoms with van der Waals surface area (Å²) in [5.74, 6) is 1.15. The highest BCUT2D eigenvalue weighted by atomic mass is 79.9. The Morgan fingerprint density at radius 1 is 1.47 bits per heavy atom. The highest BCUT2D eigenvalue weighted by Crippen LogP contribution is 2.35. The minimum Gasteiger partial charge on any atom is -0.331 e. The third kappa shape index (κ3) is 1.96. The van der Waals surface area contributed by atoms with Gasteiger partial charge in [-0.2, -0.15) is 0 Å². The van der Waals surface area contributed by atoms with Crippen molar-refractivity contribution < 1.29 is 0 Å². The number of rotatable bonds is 3. The van der Waals surface area contributed by atoms with Crippen LogP contribution in [0, 0.1) is 0 Å². The van der Waals surface area contributed by atoms with Gasteiger partial charge < -0.3 is 10.3 Å². The summed E-state index contributed by atoms with van der Waals surface area (Å²) in [7, 11) is 0. The highest BCUT2D eigenvalue weighted by molar-refractivity contribution is 9.11. The van der Waals surface area contributed by atoms with Gasteiger partial charge in [0.25, 0.3) is 0 Å². The van der Waals surface area contributed by atoms with Crippen molar-refractivity contribution in [1.82, 2.24) is 9.55 Å². The SMILES string of the molecule is NCCc1nc(-c2ccc(Br)s2)c2n1CCC2. The minimum atomic E-state index is 0.671. The molecule has 3 heterocycles. The lowest BCUT2D eigenvalue weighted by Crippen LogP contribution is -2.08. The molecular weight excluding hydrogens is 298 g/mol. The molecule has 0 bridgehead atoms. The van der Waals surface area contributed by atoms with Crippen LogP contribution in [-0.2, 0) is 19.4 Å². The normalized spacial score (nSPS) is 14.2. The molecule has 0 unspecified atom stereocenters. The predicted molar refractivity (Wildman–Crippen MR) is 74.3 cm³/mol. The van der Waals surface area contributed by atoms with Crippen LogP contribution in [0.4, 0.5) is 0 Å². The zero-order valence-electron chi connectivity index (χ0n) is 9.45. The average molecular weight is 312 g/mol. The van der Waals surface area contributed by atoms with Crippen molar-refractivity contribution in [2.24, 2.45) is 5.73 Å². The van der Waals surface area contributed by atoms with Crippen LogP contribution in [0.2, 0.25) is 0 Å². The molecule has 0 saturated heterocycles. The van der Waals surface area contributed by atoms with Gasteiger partial charge in [0.15, 0.2) is 0 Å². The summed E-state index contributed by atoms with van der Waals surface area (Å²) in [5.41, 5.74) is 8.21. The second-order valence-corrected chi connectivity index (χ2v) is 6.68. The summed E-state index contributed by atoms with van der Waals surface area (Å²) in [6.45, 7) is 1.77. The Bertz CT molecular complexity index is 544. The topological polar surface area (TPSA) is 43.8 Å². The van der Waals surface area contributed by atoms with Gasteiger partial charge in [0, 0.05) is 18.7 Å². The van der Waals surface area contributed by atoms with Crippen LogP contribution >= 0.6 is 27.3 Å². The van der Waals surface area contributed by atoms with Gasteiger partial charge in [-0.3, -0.25) is 0 Å². The fourth-order valence-electron chi connectivity index (χ4n) is 2.42. The van der Waals surface area contributed by atoms with Crippen molar-refractivity contribution in [1.29, 1.82) is 0 Å². The average Bonchev–Trinajstić information content (AvgIpc) is 2.96. The third-order valence-corrected chi connectivity index (χ3v) is 4.75. The number of halogens is 1. The maximum absolute atomic E-state index is 5.65. The van der Waals surface area contributed by atoms with Gasteiger partial charge in [-0.15, -0.1) is 11.3 Å². The van der Waals surface area contributed by atoms with Crippen molar-refractivity contribution in [2.45, 2.75) is 25.8 Å². The molecule has 3 nitrogen and oxygen atoms in total. The third-order valence-electron chi connectivity index (χ3n) is 3.12. The molecule has 2 aromatic heterocycles. The molecule has 0 saturated carbocycles. The Balaban J connectivity index is 2.08. The lowest BCUT2D eigenvalue weighted by molar-refractivity contribution is 0.685. The Hall–Kier alpha value is -0.650. The maximum Gasteiger partial charge on any atom is 0.110 e. The first-order valence-corrected chi connectivity index (χ1v) is 7.44. The number of hydrogen-bond acceptors (Lipinski definition) is 3. The second-order valence-electron chi connectivity index (χ2n) is 4.22. The van der Waals surface area contributed by atoms with Crippen LogP contribution in [0.5, 0.6) is 0 Å². The Morgan fingerprint density at radius 3 is 3.06 bits per heavy atom. The van der Waals surface area contributed by atoms with Crippen molar-refractivity contribution in [2.75, 3.05) is 6.54 Å². The summed E-state index contributed by atoms with van der Waals surface area (Å²) < 4.78 is 3.52. The van der Waals surface area contributed by atoms with Gasteiger partial charge in [-0.05, 0) is 47.4 Å². The van der Waals surface area contributed by atoms with E-state index in [4.69, 9.17) is 10.7 Å². The molecule has 1 aliphatic heterocycles. The maximum atomic E-state index is 5.65. The molecule has 0 aliphatic carbocycles. The Labute approximate surface area is 113 Å². The van der Waals surface area contributed by atoms with Gasteiger partial charge in [-0.25, -0.2) is 4.98 Å². The first-order valence-electron chi connectivity index (χ1n) is 5.83. The van der Waals surface area contributed by atoms with Gasteiger partial charge in [0.2, 0.25) is 0 Å². The van der Waals surface area contributed by atoms with Crippen molar-refractivity contribution in [3.63, 3.8) is 0 Å². The number of nitrogens with zero attached hydrogens (tertiary/aromatic N) is 2. The smallest absolute Gasteiger partial charge is 0.110 e. The molecule has 0 radical (unpaired) electrons. The van der Waals surface area contributed by atoms with Gasteiger partial charge in [0.1, 0.15) is 11.5 Å². The summed E-state index contributed by atoms with van der Waals surface area (Å²) in [6.07, 6.45) is 3.25. The van der Waals surface area contributed by atoms with E-state index in [0.717, 1.165) is 29.0 Å². The largest absolute Gasteiger partial charge is 0.331 e. The van der Waals surface area contributed by atoms with E-state index in [1.165, 1.54) is 22.7 Å². The van der Waals surface area contributed by atoms with Crippen LogP contribution < -0.4 is 5.73 Å². The van der Waals surface area contributed by atoms with E-state index in [-0.39, 0.29) is 0 Å². The van der Waals surface area contributed by atoms with Gasteiger partial charge in [-0.1, -0.05) is 0 Å². The monoisotopic (exact) mass is 311 g/mol. The first kappa shape index (κ1) is 11.4. The molecule has 0 amide bonds. The fraction of sp³-hybridized carbons (Fsp3) is 0.417. The molecule has 0 spiro atoms. The van der Waals surface area contributed by atoms with Gasteiger partial charge in [0.05, 0.1) is 8.66 Å². The van der Waals surface area contributed by atoms with E-state index in [1.807, 2.05) is 0 Å². The predicted octanol–water partition coefficient (Wildman–Crippen LogP) is 2.82. The van der Waals surface area contributed by atoms with E-state index in [0.29, 0.717) is 6.54 Å². The quantitative estimate of drug-likeness (QED) is 0.947. The van der Waals surface area contributed by atoms with E-state index in [1.54, 1.807) is 11.3 Å². The second kappa shape index (κ2) is 4.55. The zero-order chi connectivity index (χ0) is 11.8. The molecule has 1 aliphatic rings. The summed E-state index contributed by atoms with van der Waals surface area (Å²) in [5, 5.41) is 0. The summed E-state index contributed by atoms with van der Waals surface area (Å²) >= 11 is 5.26. The van der Waals surface area contributed by atoms with Crippen molar-refractivity contribution in [3.8, 4) is 10.6 Å². The number of hydrogen-bond donors (Lipinski definition) is 1. The Morgan fingerprint density at radius 2 is 2.35 bits per heavy atom. The van der Waals surface area contributed by atoms with Crippen LogP contribution in [0.25, 0.3) is 10.6 Å². The van der Waals surface area contributed by atoms with Crippen molar-refractivity contribution in [3.05, 3.63) is 27.4 Å². The van der Waals surface area contributed by atoms with E-state index in [9.17, 15) is 0 Å². The van der Waals surface area contributed by atoms with Gasteiger partial charge >= 0.3 is 0 Å². The van der Waals surface area contributed by atoms with E-state index >= 15 is 0 Å².